The molecule has 6 heteroatoms. The standard InChI is InChI=1S/C19H24N4O2/c1-14(2)15-3-5-16(6-4-15)21-19(25)23-11-9-22(10-12-23)18-8-7-17(24)13-20-18/h3-8,13-14,24H,9-12H2,1-2H3,(H,21,25). The highest BCUT2D eigenvalue weighted by Crippen LogP contribution is 2.19. The number of pyridine rings is 1. The molecule has 1 aromatic heterocycles. The summed E-state index contributed by atoms with van der Waals surface area (Å²) in [5.41, 5.74) is 2.07. The molecule has 132 valence electrons. The Kier molecular flexibility index (Phi) is 5.07. The molecule has 1 aliphatic rings. The van der Waals surface area contributed by atoms with E-state index in [1.54, 1.807) is 12.1 Å². The average Bonchev–Trinajstić information content (AvgIpc) is 2.63. The van der Waals surface area contributed by atoms with Crippen LogP contribution in [0.2, 0.25) is 0 Å². The number of rotatable bonds is 3. The van der Waals surface area contributed by atoms with E-state index in [4.69, 9.17) is 0 Å². The summed E-state index contributed by atoms with van der Waals surface area (Å²) in [5, 5.41) is 12.3. The van der Waals surface area contributed by atoms with Crippen LogP contribution in [0, 0.1) is 0 Å². The first-order valence-corrected chi connectivity index (χ1v) is 8.59. The van der Waals surface area contributed by atoms with Crippen molar-refractivity contribution >= 4 is 17.5 Å². The van der Waals surface area contributed by atoms with E-state index < -0.39 is 0 Å². The SMILES string of the molecule is CC(C)c1ccc(NC(=O)N2CCN(c3ccc(O)cn3)CC2)cc1. The van der Waals surface area contributed by atoms with Crippen molar-refractivity contribution in [2.75, 3.05) is 36.4 Å². The lowest BCUT2D eigenvalue weighted by molar-refractivity contribution is 0.208. The van der Waals surface area contributed by atoms with Gasteiger partial charge in [0.2, 0.25) is 0 Å². The van der Waals surface area contributed by atoms with Crippen LogP contribution in [0.1, 0.15) is 25.3 Å². The first-order valence-electron chi connectivity index (χ1n) is 8.59. The maximum atomic E-state index is 12.4. The number of carbonyl (C=O) groups is 1. The third-order valence-corrected chi connectivity index (χ3v) is 4.45. The third kappa shape index (κ3) is 4.21. The molecule has 2 aromatic rings. The normalized spacial score (nSPS) is 14.7. The fourth-order valence-electron chi connectivity index (χ4n) is 2.86. The second-order valence-electron chi connectivity index (χ2n) is 6.56. The number of benzene rings is 1. The van der Waals surface area contributed by atoms with E-state index in [1.165, 1.54) is 11.8 Å². The second-order valence-corrected chi connectivity index (χ2v) is 6.56. The molecule has 1 aromatic carbocycles. The average molecular weight is 340 g/mol. The Morgan fingerprint density at radius 2 is 1.76 bits per heavy atom. The summed E-state index contributed by atoms with van der Waals surface area (Å²) in [6.45, 7) is 7.01. The summed E-state index contributed by atoms with van der Waals surface area (Å²) in [7, 11) is 0. The van der Waals surface area contributed by atoms with Gasteiger partial charge in [0, 0.05) is 31.9 Å². The van der Waals surface area contributed by atoms with E-state index in [-0.39, 0.29) is 11.8 Å². The molecular formula is C19H24N4O2. The van der Waals surface area contributed by atoms with Crippen molar-refractivity contribution in [1.82, 2.24) is 9.88 Å². The van der Waals surface area contributed by atoms with Crippen LogP contribution in [0.15, 0.2) is 42.6 Å². The molecule has 0 aliphatic carbocycles. The predicted octanol–water partition coefficient (Wildman–Crippen LogP) is 3.26. The minimum Gasteiger partial charge on any atom is -0.506 e. The van der Waals surface area contributed by atoms with Crippen LogP contribution in [0.5, 0.6) is 5.75 Å². The van der Waals surface area contributed by atoms with Gasteiger partial charge in [-0.25, -0.2) is 9.78 Å². The molecule has 1 fully saturated rings. The molecule has 25 heavy (non-hydrogen) atoms. The van der Waals surface area contributed by atoms with Gasteiger partial charge in [-0.15, -0.1) is 0 Å². The number of aromatic nitrogens is 1. The largest absolute Gasteiger partial charge is 0.506 e. The molecule has 0 radical (unpaired) electrons. The van der Waals surface area contributed by atoms with Crippen LogP contribution >= 0.6 is 0 Å². The van der Waals surface area contributed by atoms with Gasteiger partial charge in [0.1, 0.15) is 11.6 Å². The van der Waals surface area contributed by atoms with E-state index in [0.29, 0.717) is 19.0 Å². The van der Waals surface area contributed by atoms with Crippen molar-refractivity contribution in [3.8, 4) is 5.75 Å². The second kappa shape index (κ2) is 7.42. The Labute approximate surface area is 148 Å². The molecule has 0 spiro atoms. The third-order valence-electron chi connectivity index (χ3n) is 4.45. The summed E-state index contributed by atoms with van der Waals surface area (Å²) < 4.78 is 0. The van der Waals surface area contributed by atoms with E-state index in [0.717, 1.165) is 24.6 Å². The molecule has 0 saturated carbocycles. The monoisotopic (exact) mass is 340 g/mol. The van der Waals surface area contributed by atoms with Crippen molar-refractivity contribution in [3.05, 3.63) is 48.2 Å². The fraction of sp³-hybridized carbons (Fsp3) is 0.368. The Morgan fingerprint density at radius 3 is 2.32 bits per heavy atom. The lowest BCUT2D eigenvalue weighted by Gasteiger charge is -2.35. The first kappa shape index (κ1) is 17.1. The van der Waals surface area contributed by atoms with Gasteiger partial charge < -0.3 is 20.2 Å². The van der Waals surface area contributed by atoms with Crippen LogP contribution in [-0.2, 0) is 0 Å². The summed E-state index contributed by atoms with van der Waals surface area (Å²) >= 11 is 0. The first-order chi connectivity index (χ1) is 12.0. The molecule has 6 nitrogen and oxygen atoms in total. The number of nitrogens with zero attached hydrogens (tertiary/aromatic N) is 3. The summed E-state index contributed by atoms with van der Waals surface area (Å²) in [5.74, 6) is 1.46. The minimum atomic E-state index is -0.0735. The highest BCUT2D eigenvalue weighted by atomic mass is 16.3. The fourth-order valence-corrected chi connectivity index (χ4v) is 2.86. The molecule has 2 heterocycles. The van der Waals surface area contributed by atoms with Gasteiger partial charge in [-0.1, -0.05) is 26.0 Å². The van der Waals surface area contributed by atoms with Crippen LogP contribution in [0.25, 0.3) is 0 Å². The van der Waals surface area contributed by atoms with Crippen LogP contribution in [0.3, 0.4) is 0 Å². The molecule has 1 saturated heterocycles. The minimum absolute atomic E-state index is 0.0735. The van der Waals surface area contributed by atoms with Crippen molar-refractivity contribution in [2.45, 2.75) is 19.8 Å². The van der Waals surface area contributed by atoms with Gasteiger partial charge in [0.25, 0.3) is 0 Å². The Hall–Kier alpha value is -2.76. The van der Waals surface area contributed by atoms with Gasteiger partial charge in [0.05, 0.1) is 6.20 Å². The lowest BCUT2D eigenvalue weighted by atomic mass is 10.0. The van der Waals surface area contributed by atoms with Gasteiger partial charge >= 0.3 is 6.03 Å². The van der Waals surface area contributed by atoms with E-state index in [1.807, 2.05) is 17.0 Å². The molecule has 2 amide bonds. The zero-order valence-electron chi connectivity index (χ0n) is 14.6. The molecule has 0 unspecified atom stereocenters. The molecule has 2 N–H and O–H groups in total. The van der Waals surface area contributed by atoms with Gasteiger partial charge in [-0.2, -0.15) is 0 Å². The van der Waals surface area contributed by atoms with E-state index in [2.05, 4.69) is 41.2 Å². The highest BCUT2D eigenvalue weighted by Gasteiger charge is 2.22. The Bertz CT molecular complexity index is 705. The molecule has 0 bridgehead atoms. The maximum absolute atomic E-state index is 12.4. The van der Waals surface area contributed by atoms with Gasteiger partial charge in [0.15, 0.2) is 0 Å². The molecule has 3 rings (SSSR count). The van der Waals surface area contributed by atoms with Crippen LogP contribution < -0.4 is 10.2 Å². The molecule has 0 atom stereocenters. The Morgan fingerprint density at radius 1 is 1.08 bits per heavy atom. The number of piperazine rings is 1. The number of hydrogen-bond acceptors (Lipinski definition) is 4. The topological polar surface area (TPSA) is 68.7 Å². The van der Waals surface area contributed by atoms with E-state index in [9.17, 15) is 9.90 Å². The predicted molar refractivity (Wildman–Crippen MR) is 99.2 cm³/mol. The van der Waals surface area contributed by atoms with Crippen molar-refractivity contribution in [3.63, 3.8) is 0 Å². The number of nitrogens with one attached hydrogen (secondary N) is 1. The van der Waals surface area contributed by atoms with Crippen LogP contribution in [0.4, 0.5) is 16.3 Å². The Balaban J connectivity index is 1.53. The zero-order chi connectivity index (χ0) is 17.8. The number of amides is 2. The molecule has 1 aliphatic heterocycles. The number of anilines is 2. The number of hydrogen-bond donors (Lipinski definition) is 2. The number of aromatic hydroxyl groups is 1. The zero-order valence-corrected chi connectivity index (χ0v) is 14.6. The van der Waals surface area contributed by atoms with Gasteiger partial charge in [-0.3, -0.25) is 0 Å². The highest BCUT2D eigenvalue weighted by molar-refractivity contribution is 5.89. The number of carbonyl (C=O) groups excluding carboxylic acids is 1. The summed E-state index contributed by atoms with van der Waals surface area (Å²) in [6, 6.07) is 11.3. The van der Waals surface area contributed by atoms with Crippen molar-refractivity contribution < 1.29 is 9.90 Å². The maximum Gasteiger partial charge on any atom is 0.321 e. The van der Waals surface area contributed by atoms with Crippen molar-refractivity contribution in [2.24, 2.45) is 0 Å². The lowest BCUT2D eigenvalue weighted by Crippen LogP contribution is -2.50. The summed E-state index contributed by atoms with van der Waals surface area (Å²) in [6.07, 6.45) is 1.44. The van der Waals surface area contributed by atoms with Crippen LogP contribution in [-0.4, -0.2) is 47.2 Å². The quantitative estimate of drug-likeness (QED) is 0.900. The van der Waals surface area contributed by atoms with Gasteiger partial charge in [-0.05, 0) is 35.7 Å². The van der Waals surface area contributed by atoms with Crippen molar-refractivity contribution in [1.29, 1.82) is 0 Å². The smallest absolute Gasteiger partial charge is 0.321 e. The van der Waals surface area contributed by atoms with E-state index >= 15 is 0 Å². The molecular weight excluding hydrogens is 316 g/mol. The number of urea groups is 1. The summed E-state index contributed by atoms with van der Waals surface area (Å²) in [4.78, 5) is 20.6.